The van der Waals surface area contributed by atoms with Crippen molar-refractivity contribution in [2.45, 2.75) is 13.1 Å². The quantitative estimate of drug-likeness (QED) is 0.682. The van der Waals surface area contributed by atoms with Crippen LogP contribution in [-0.2, 0) is 23.1 Å². The maximum Gasteiger partial charge on any atom is 0.229 e. The van der Waals surface area contributed by atoms with Crippen LogP contribution in [0.25, 0.3) is 0 Å². The van der Waals surface area contributed by atoms with Gasteiger partial charge >= 0.3 is 0 Å². The van der Waals surface area contributed by atoms with Gasteiger partial charge in [-0.3, -0.25) is 9.40 Å². The zero-order valence-electron chi connectivity index (χ0n) is 13.9. The second-order valence-corrected chi connectivity index (χ2v) is 7.55. The summed E-state index contributed by atoms with van der Waals surface area (Å²) in [6.45, 7) is 1.27. The summed E-state index contributed by atoms with van der Waals surface area (Å²) in [5, 5.41) is 7.62. The molecule has 0 aliphatic heterocycles. The second kappa shape index (κ2) is 7.40. The molecule has 2 aromatic carbocycles. The van der Waals surface area contributed by atoms with Crippen LogP contribution in [0, 0.1) is 0 Å². The van der Waals surface area contributed by atoms with Crippen LogP contribution in [0.4, 0.5) is 11.4 Å². The van der Waals surface area contributed by atoms with Crippen LogP contribution < -0.4 is 10.0 Å². The van der Waals surface area contributed by atoms with E-state index in [1.54, 1.807) is 12.1 Å². The van der Waals surface area contributed by atoms with Crippen LogP contribution in [0.15, 0.2) is 67.0 Å². The number of rotatable bonds is 7. The molecular weight excluding hydrogens is 336 g/mol. The lowest BCUT2D eigenvalue weighted by atomic mass is 10.2. The van der Waals surface area contributed by atoms with E-state index >= 15 is 0 Å². The molecule has 1 aromatic heterocycles. The molecule has 2 N–H and O–H groups in total. The first-order chi connectivity index (χ1) is 12.0. The molecule has 7 heteroatoms. The van der Waals surface area contributed by atoms with Crippen LogP contribution in [0.3, 0.4) is 0 Å². The normalized spacial score (nSPS) is 11.2. The molecule has 0 aliphatic carbocycles. The predicted molar refractivity (Wildman–Crippen MR) is 100 cm³/mol. The van der Waals surface area contributed by atoms with Crippen molar-refractivity contribution in [3.8, 4) is 0 Å². The number of nitrogens with one attached hydrogen (secondary N) is 2. The van der Waals surface area contributed by atoms with Crippen molar-refractivity contribution in [1.82, 2.24) is 9.78 Å². The molecular formula is C18H20N4O2S. The van der Waals surface area contributed by atoms with Crippen molar-refractivity contribution in [2.75, 3.05) is 16.3 Å². The minimum atomic E-state index is -3.32. The lowest BCUT2D eigenvalue weighted by Crippen LogP contribution is -2.11. The Hall–Kier alpha value is -2.80. The van der Waals surface area contributed by atoms with E-state index in [9.17, 15) is 8.42 Å². The summed E-state index contributed by atoms with van der Waals surface area (Å²) in [5.41, 5.74) is 3.46. The Kier molecular flexibility index (Phi) is 5.04. The van der Waals surface area contributed by atoms with E-state index in [-0.39, 0.29) is 0 Å². The van der Waals surface area contributed by atoms with Gasteiger partial charge < -0.3 is 5.32 Å². The van der Waals surface area contributed by atoms with Gasteiger partial charge in [-0.05, 0) is 17.7 Å². The Bertz CT molecular complexity index is 936. The summed E-state index contributed by atoms with van der Waals surface area (Å²) >= 11 is 0. The van der Waals surface area contributed by atoms with Crippen LogP contribution in [0.1, 0.15) is 11.1 Å². The molecule has 0 atom stereocenters. The molecule has 3 aromatic rings. The van der Waals surface area contributed by atoms with Gasteiger partial charge in [-0.25, -0.2) is 8.42 Å². The van der Waals surface area contributed by atoms with Gasteiger partial charge in [-0.2, -0.15) is 5.10 Å². The molecule has 6 nitrogen and oxygen atoms in total. The number of benzene rings is 2. The average Bonchev–Trinajstić information content (AvgIpc) is 3.01. The monoisotopic (exact) mass is 356 g/mol. The first-order valence-corrected chi connectivity index (χ1v) is 9.75. The lowest BCUT2D eigenvalue weighted by Gasteiger charge is -2.12. The number of nitrogens with zero attached hydrogens (tertiary/aromatic N) is 2. The molecule has 0 amide bonds. The van der Waals surface area contributed by atoms with E-state index in [2.05, 4.69) is 27.3 Å². The summed E-state index contributed by atoms with van der Waals surface area (Å²) in [7, 11) is -3.32. The van der Waals surface area contributed by atoms with Gasteiger partial charge in [0.2, 0.25) is 10.0 Å². The van der Waals surface area contributed by atoms with E-state index < -0.39 is 10.0 Å². The molecule has 0 unspecified atom stereocenters. The molecule has 0 fully saturated rings. The van der Waals surface area contributed by atoms with Gasteiger partial charge in [0.1, 0.15) is 0 Å². The Labute approximate surface area is 147 Å². The fourth-order valence-corrected chi connectivity index (χ4v) is 3.06. The number of anilines is 2. The smallest absolute Gasteiger partial charge is 0.229 e. The Morgan fingerprint density at radius 1 is 0.960 bits per heavy atom. The fourth-order valence-electron chi connectivity index (χ4n) is 2.48. The number of aromatic nitrogens is 2. The molecule has 3 rings (SSSR count). The zero-order chi connectivity index (χ0) is 17.7. The minimum absolute atomic E-state index is 0.529. The Morgan fingerprint density at radius 3 is 2.36 bits per heavy atom. The zero-order valence-corrected chi connectivity index (χ0v) is 14.7. The van der Waals surface area contributed by atoms with Crippen molar-refractivity contribution >= 4 is 21.4 Å². The highest BCUT2D eigenvalue weighted by Crippen LogP contribution is 2.22. The van der Waals surface area contributed by atoms with Crippen LogP contribution in [0.5, 0.6) is 0 Å². The average molecular weight is 356 g/mol. The van der Waals surface area contributed by atoms with E-state index in [1.165, 1.54) is 5.56 Å². The summed E-state index contributed by atoms with van der Waals surface area (Å²) in [6.07, 6.45) is 4.92. The highest BCUT2D eigenvalue weighted by molar-refractivity contribution is 7.92. The first-order valence-electron chi connectivity index (χ1n) is 7.85. The molecule has 0 aliphatic rings. The standard InChI is InChI=1S/C18H20N4O2S/c1-25(23,24)21-18-10-6-5-9-17(18)19-11-16-12-20-22(14-16)13-15-7-3-2-4-8-15/h2-10,12,14,19,21H,11,13H2,1H3. The molecule has 1 heterocycles. The van der Waals surface area contributed by atoms with Crippen molar-refractivity contribution in [1.29, 1.82) is 0 Å². The molecule has 0 spiro atoms. The van der Waals surface area contributed by atoms with Gasteiger partial charge in [0.05, 0.1) is 30.4 Å². The van der Waals surface area contributed by atoms with Gasteiger partial charge in [0.15, 0.2) is 0 Å². The van der Waals surface area contributed by atoms with E-state index in [0.717, 1.165) is 17.5 Å². The molecule has 0 saturated carbocycles. The molecule has 0 bridgehead atoms. The van der Waals surface area contributed by atoms with Crippen LogP contribution in [0.2, 0.25) is 0 Å². The SMILES string of the molecule is CS(=O)(=O)Nc1ccccc1NCc1cnn(Cc2ccccc2)c1. The predicted octanol–water partition coefficient (Wildman–Crippen LogP) is 2.92. The summed E-state index contributed by atoms with van der Waals surface area (Å²) < 4.78 is 27.3. The Balaban J connectivity index is 1.65. The van der Waals surface area contributed by atoms with Crippen molar-refractivity contribution < 1.29 is 8.42 Å². The topological polar surface area (TPSA) is 76.0 Å². The maximum absolute atomic E-state index is 11.5. The summed E-state index contributed by atoms with van der Waals surface area (Å²) in [6, 6.07) is 17.3. The summed E-state index contributed by atoms with van der Waals surface area (Å²) in [4.78, 5) is 0. The highest BCUT2D eigenvalue weighted by Gasteiger charge is 2.07. The molecule has 0 saturated heterocycles. The van der Waals surface area contributed by atoms with E-state index in [4.69, 9.17) is 0 Å². The summed E-state index contributed by atoms with van der Waals surface area (Å²) in [5.74, 6) is 0. The fraction of sp³-hybridized carbons (Fsp3) is 0.167. The molecule has 25 heavy (non-hydrogen) atoms. The lowest BCUT2D eigenvalue weighted by molar-refractivity contribution is 0.607. The van der Waals surface area contributed by atoms with Crippen LogP contribution >= 0.6 is 0 Å². The third-order valence-electron chi connectivity index (χ3n) is 3.58. The first kappa shape index (κ1) is 17.0. The van der Waals surface area contributed by atoms with Crippen molar-refractivity contribution in [3.05, 3.63) is 78.1 Å². The van der Waals surface area contributed by atoms with Gasteiger partial charge in [-0.1, -0.05) is 42.5 Å². The third kappa shape index (κ3) is 5.09. The van der Waals surface area contributed by atoms with Crippen LogP contribution in [-0.4, -0.2) is 24.5 Å². The van der Waals surface area contributed by atoms with Crippen molar-refractivity contribution in [3.63, 3.8) is 0 Å². The number of hydrogen-bond donors (Lipinski definition) is 2. The second-order valence-electron chi connectivity index (χ2n) is 5.81. The largest absolute Gasteiger partial charge is 0.379 e. The van der Waals surface area contributed by atoms with Crippen molar-refractivity contribution in [2.24, 2.45) is 0 Å². The number of hydrogen-bond acceptors (Lipinski definition) is 4. The number of sulfonamides is 1. The molecule has 0 radical (unpaired) electrons. The van der Waals surface area contributed by atoms with Gasteiger partial charge in [-0.15, -0.1) is 0 Å². The third-order valence-corrected chi connectivity index (χ3v) is 4.17. The van der Waals surface area contributed by atoms with E-state index in [1.807, 2.05) is 47.4 Å². The highest BCUT2D eigenvalue weighted by atomic mass is 32.2. The minimum Gasteiger partial charge on any atom is -0.379 e. The van der Waals surface area contributed by atoms with E-state index in [0.29, 0.717) is 18.8 Å². The molecule has 130 valence electrons. The van der Waals surface area contributed by atoms with Gasteiger partial charge in [0, 0.05) is 18.3 Å². The van der Waals surface area contributed by atoms with Gasteiger partial charge in [0.25, 0.3) is 0 Å². The Morgan fingerprint density at radius 2 is 1.64 bits per heavy atom. The number of para-hydroxylation sites is 2. The maximum atomic E-state index is 11.5.